The number of rotatable bonds is 7. The molecule has 7 heteroatoms. The Labute approximate surface area is 165 Å². The molecule has 1 aliphatic rings. The Kier molecular flexibility index (Phi) is 6.34. The summed E-state index contributed by atoms with van der Waals surface area (Å²) in [5, 5.41) is 3.09. The Hall–Kier alpha value is -1.70. The van der Waals surface area contributed by atoms with Gasteiger partial charge in [0.05, 0.1) is 12.5 Å². The lowest BCUT2D eigenvalue weighted by molar-refractivity contribution is -0.121. The molecule has 2 heterocycles. The third-order valence-electron chi connectivity index (χ3n) is 4.77. The van der Waals surface area contributed by atoms with Crippen LogP contribution < -0.4 is 5.32 Å². The van der Waals surface area contributed by atoms with E-state index >= 15 is 0 Å². The third kappa shape index (κ3) is 4.78. The molecule has 2 aromatic rings. The molecule has 1 aromatic heterocycles. The predicted molar refractivity (Wildman–Crippen MR) is 108 cm³/mol. The van der Waals surface area contributed by atoms with Gasteiger partial charge in [-0.25, -0.2) is 8.42 Å². The minimum Gasteiger partial charge on any atom is -0.349 e. The standard InChI is InChI=1S/C20H26N2O3S2/c1-15(2)20(16-8-4-3-5-9-16)21-18(23)14-17-10-11-19(26-17)27(24,25)22-12-6-7-13-22/h3-5,8-11,15,20H,6-7,12-14H2,1-2H3,(H,21,23). The number of nitrogens with zero attached hydrogens (tertiary/aromatic N) is 1. The summed E-state index contributed by atoms with van der Waals surface area (Å²) in [6.45, 7) is 5.32. The summed E-state index contributed by atoms with van der Waals surface area (Å²) in [5.74, 6) is 0.162. The summed E-state index contributed by atoms with van der Waals surface area (Å²) in [7, 11) is -3.41. The first-order valence-electron chi connectivity index (χ1n) is 9.31. The van der Waals surface area contributed by atoms with Crippen molar-refractivity contribution in [2.24, 2.45) is 5.92 Å². The summed E-state index contributed by atoms with van der Waals surface area (Å²) in [5.41, 5.74) is 1.07. The highest BCUT2D eigenvalue weighted by Crippen LogP contribution is 2.28. The second-order valence-electron chi connectivity index (χ2n) is 7.21. The largest absolute Gasteiger partial charge is 0.349 e. The molecule has 1 amide bonds. The Morgan fingerprint density at radius 2 is 1.78 bits per heavy atom. The van der Waals surface area contributed by atoms with Crippen LogP contribution in [-0.2, 0) is 21.2 Å². The Bertz CT molecular complexity index is 870. The maximum absolute atomic E-state index is 12.6. The highest BCUT2D eigenvalue weighted by Gasteiger charge is 2.28. The molecule has 1 aromatic carbocycles. The summed E-state index contributed by atoms with van der Waals surface area (Å²) in [4.78, 5) is 13.3. The summed E-state index contributed by atoms with van der Waals surface area (Å²) >= 11 is 1.20. The topological polar surface area (TPSA) is 66.5 Å². The van der Waals surface area contributed by atoms with Gasteiger partial charge in [0.15, 0.2) is 0 Å². The van der Waals surface area contributed by atoms with E-state index in [4.69, 9.17) is 0 Å². The van der Waals surface area contributed by atoms with E-state index in [2.05, 4.69) is 19.2 Å². The zero-order valence-corrected chi connectivity index (χ0v) is 17.4. The fourth-order valence-corrected chi connectivity index (χ4v) is 6.35. The van der Waals surface area contributed by atoms with E-state index in [0.717, 1.165) is 23.3 Å². The molecule has 1 unspecified atom stereocenters. The van der Waals surface area contributed by atoms with Crippen molar-refractivity contribution in [1.29, 1.82) is 0 Å². The molecule has 146 valence electrons. The van der Waals surface area contributed by atoms with Gasteiger partial charge in [-0.3, -0.25) is 4.79 Å². The molecule has 1 N–H and O–H groups in total. The molecule has 0 aliphatic carbocycles. The number of hydrogen-bond acceptors (Lipinski definition) is 4. The molecular weight excluding hydrogens is 380 g/mol. The number of carbonyl (C=O) groups is 1. The van der Waals surface area contributed by atoms with Crippen molar-refractivity contribution in [2.75, 3.05) is 13.1 Å². The summed E-state index contributed by atoms with van der Waals surface area (Å²) in [6.07, 6.45) is 2.02. The van der Waals surface area contributed by atoms with Crippen molar-refractivity contribution in [1.82, 2.24) is 9.62 Å². The van der Waals surface area contributed by atoms with Crippen LogP contribution in [0, 0.1) is 5.92 Å². The molecule has 1 saturated heterocycles. The second kappa shape index (κ2) is 8.54. The second-order valence-corrected chi connectivity index (χ2v) is 10.5. The molecule has 0 bridgehead atoms. The highest BCUT2D eigenvalue weighted by molar-refractivity contribution is 7.91. The number of thiophene rings is 1. The number of amides is 1. The Morgan fingerprint density at radius 3 is 2.41 bits per heavy atom. The lowest BCUT2D eigenvalue weighted by Gasteiger charge is -2.22. The molecule has 1 atom stereocenters. The zero-order valence-electron chi connectivity index (χ0n) is 15.7. The van der Waals surface area contributed by atoms with Gasteiger partial charge in [-0.05, 0) is 36.5 Å². The monoisotopic (exact) mass is 406 g/mol. The Morgan fingerprint density at radius 1 is 1.11 bits per heavy atom. The van der Waals surface area contributed by atoms with Crippen LogP contribution in [0.15, 0.2) is 46.7 Å². The first-order chi connectivity index (χ1) is 12.9. The van der Waals surface area contributed by atoms with Crippen molar-refractivity contribution in [3.05, 3.63) is 52.9 Å². The van der Waals surface area contributed by atoms with Crippen LogP contribution in [0.5, 0.6) is 0 Å². The van der Waals surface area contributed by atoms with Gasteiger partial charge in [0.1, 0.15) is 4.21 Å². The highest BCUT2D eigenvalue weighted by atomic mass is 32.2. The van der Waals surface area contributed by atoms with Crippen LogP contribution in [-0.4, -0.2) is 31.7 Å². The van der Waals surface area contributed by atoms with Crippen LogP contribution in [0.2, 0.25) is 0 Å². The minimum atomic E-state index is -3.41. The maximum Gasteiger partial charge on any atom is 0.252 e. The van der Waals surface area contributed by atoms with E-state index in [1.165, 1.54) is 15.6 Å². The van der Waals surface area contributed by atoms with Crippen molar-refractivity contribution < 1.29 is 13.2 Å². The van der Waals surface area contributed by atoms with Crippen LogP contribution in [0.1, 0.15) is 43.2 Å². The first kappa shape index (κ1) is 20.0. The summed E-state index contributed by atoms with van der Waals surface area (Å²) < 4.78 is 27.1. The zero-order chi connectivity index (χ0) is 19.4. The van der Waals surface area contributed by atoms with Crippen LogP contribution in [0.4, 0.5) is 0 Å². The molecule has 1 aliphatic heterocycles. The average Bonchev–Trinajstić information content (AvgIpc) is 3.32. The SMILES string of the molecule is CC(C)C(NC(=O)Cc1ccc(S(=O)(=O)N2CCCC2)s1)c1ccccc1. The predicted octanol–water partition coefficient (Wildman–Crippen LogP) is 3.59. The molecular formula is C20H26N2O3S2. The van der Waals surface area contributed by atoms with E-state index in [0.29, 0.717) is 17.3 Å². The van der Waals surface area contributed by atoms with Crippen molar-refractivity contribution in [3.63, 3.8) is 0 Å². The van der Waals surface area contributed by atoms with Crippen LogP contribution in [0.25, 0.3) is 0 Å². The molecule has 0 spiro atoms. The van der Waals surface area contributed by atoms with Gasteiger partial charge < -0.3 is 5.32 Å². The van der Waals surface area contributed by atoms with Gasteiger partial charge in [0.25, 0.3) is 10.0 Å². The molecule has 0 saturated carbocycles. The van der Waals surface area contributed by atoms with E-state index < -0.39 is 10.0 Å². The maximum atomic E-state index is 12.6. The molecule has 5 nitrogen and oxygen atoms in total. The van der Waals surface area contributed by atoms with E-state index in [-0.39, 0.29) is 24.3 Å². The van der Waals surface area contributed by atoms with Crippen molar-refractivity contribution >= 4 is 27.3 Å². The lowest BCUT2D eigenvalue weighted by atomic mass is 9.96. The smallest absolute Gasteiger partial charge is 0.252 e. The molecule has 0 radical (unpaired) electrons. The van der Waals surface area contributed by atoms with Gasteiger partial charge in [0.2, 0.25) is 5.91 Å². The van der Waals surface area contributed by atoms with Gasteiger partial charge in [-0.15, -0.1) is 11.3 Å². The number of hydrogen-bond donors (Lipinski definition) is 1. The number of sulfonamides is 1. The van der Waals surface area contributed by atoms with Crippen molar-refractivity contribution in [2.45, 2.75) is 43.4 Å². The number of nitrogens with one attached hydrogen (secondary N) is 1. The van der Waals surface area contributed by atoms with E-state index in [1.807, 2.05) is 30.3 Å². The van der Waals surface area contributed by atoms with E-state index in [1.54, 1.807) is 12.1 Å². The Balaban J connectivity index is 1.67. The van der Waals surface area contributed by atoms with E-state index in [9.17, 15) is 13.2 Å². The third-order valence-corrected chi connectivity index (χ3v) is 8.22. The summed E-state index contributed by atoms with van der Waals surface area (Å²) in [6, 6.07) is 13.2. The fraction of sp³-hybridized carbons (Fsp3) is 0.450. The average molecular weight is 407 g/mol. The van der Waals surface area contributed by atoms with Crippen LogP contribution >= 0.6 is 11.3 Å². The fourth-order valence-electron chi connectivity index (χ4n) is 3.33. The molecule has 3 rings (SSSR count). The van der Waals surface area contributed by atoms with Crippen molar-refractivity contribution in [3.8, 4) is 0 Å². The van der Waals surface area contributed by atoms with Crippen LogP contribution in [0.3, 0.4) is 0 Å². The van der Waals surface area contributed by atoms with Gasteiger partial charge in [-0.1, -0.05) is 44.2 Å². The first-order valence-corrected chi connectivity index (χ1v) is 11.6. The number of benzene rings is 1. The van der Waals surface area contributed by atoms with Gasteiger partial charge in [-0.2, -0.15) is 4.31 Å². The normalized spacial score (nSPS) is 16.6. The quantitative estimate of drug-likeness (QED) is 0.764. The lowest BCUT2D eigenvalue weighted by Crippen LogP contribution is -2.32. The molecule has 27 heavy (non-hydrogen) atoms. The minimum absolute atomic E-state index is 0.0635. The van der Waals surface area contributed by atoms with Gasteiger partial charge in [0, 0.05) is 18.0 Å². The van der Waals surface area contributed by atoms with Gasteiger partial charge >= 0.3 is 0 Å². The number of carbonyl (C=O) groups excluding carboxylic acids is 1. The molecule has 1 fully saturated rings.